The van der Waals surface area contributed by atoms with Gasteiger partial charge in [0.25, 0.3) is 10.1 Å². The van der Waals surface area contributed by atoms with Gasteiger partial charge in [-0.2, -0.15) is 8.42 Å². The van der Waals surface area contributed by atoms with Crippen molar-refractivity contribution in [3.63, 3.8) is 0 Å². The summed E-state index contributed by atoms with van der Waals surface area (Å²) in [4.78, 5) is 0. The van der Waals surface area contributed by atoms with E-state index in [1.807, 2.05) is 0 Å². The Morgan fingerprint density at radius 3 is 2.31 bits per heavy atom. The Balaban J connectivity index is 0. The third-order valence-corrected chi connectivity index (χ3v) is 2.23. The van der Waals surface area contributed by atoms with Crippen molar-refractivity contribution in [3.8, 4) is 0 Å². The van der Waals surface area contributed by atoms with E-state index in [1.54, 1.807) is 6.92 Å². The van der Waals surface area contributed by atoms with E-state index < -0.39 is 10.1 Å². The van der Waals surface area contributed by atoms with Crippen LogP contribution < -0.4 is 0 Å². The van der Waals surface area contributed by atoms with Gasteiger partial charge in [-0.3, -0.25) is 4.55 Å². The molecule has 0 aliphatic carbocycles. The summed E-state index contributed by atoms with van der Waals surface area (Å²) in [5.74, 6) is 0. The standard InChI is InChI=1S/C8H16O3S.Na.H/c1-3-4-5-6-8(2)7-12(9,10)11;;/h7H,3-6H2,1-2H3,(H,9,10,11);;. The van der Waals surface area contributed by atoms with E-state index in [-0.39, 0.29) is 29.6 Å². The molecule has 0 fully saturated rings. The van der Waals surface area contributed by atoms with E-state index >= 15 is 0 Å². The van der Waals surface area contributed by atoms with Crippen LogP contribution in [-0.2, 0) is 10.1 Å². The monoisotopic (exact) mass is 216 g/mol. The Hall–Kier alpha value is 0.650. The van der Waals surface area contributed by atoms with Crippen molar-refractivity contribution in [2.45, 2.75) is 39.5 Å². The predicted molar refractivity (Wildman–Crippen MR) is 56.6 cm³/mol. The first-order valence-electron chi connectivity index (χ1n) is 4.10. The summed E-state index contributed by atoms with van der Waals surface area (Å²) in [5, 5.41) is 0.919. The summed E-state index contributed by atoms with van der Waals surface area (Å²) >= 11 is 0. The second-order valence-electron chi connectivity index (χ2n) is 2.94. The molecule has 0 radical (unpaired) electrons. The normalized spacial score (nSPS) is 12.4. The second kappa shape index (κ2) is 8.00. The maximum atomic E-state index is 10.4. The van der Waals surface area contributed by atoms with E-state index in [0.717, 1.165) is 31.1 Å². The molecule has 1 N–H and O–H groups in total. The van der Waals surface area contributed by atoms with Gasteiger partial charge >= 0.3 is 29.6 Å². The number of hydrogen-bond donors (Lipinski definition) is 1. The maximum absolute atomic E-state index is 10.4. The zero-order valence-electron chi connectivity index (χ0n) is 7.58. The molecule has 0 bridgehead atoms. The van der Waals surface area contributed by atoms with Crippen molar-refractivity contribution in [2.75, 3.05) is 0 Å². The molecular weight excluding hydrogens is 199 g/mol. The molecule has 0 aromatic heterocycles. The Morgan fingerprint density at radius 2 is 1.92 bits per heavy atom. The molecule has 0 amide bonds. The molecule has 3 nitrogen and oxygen atoms in total. The van der Waals surface area contributed by atoms with E-state index in [0.29, 0.717) is 5.57 Å². The van der Waals surface area contributed by atoms with Gasteiger partial charge in [-0.1, -0.05) is 25.3 Å². The van der Waals surface area contributed by atoms with Crippen LogP contribution in [0.25, 0.3) is 0 Å². The molecule has 0 aromatic carbocycles. The molecule has 0 rings (SSSR count). The van der Waals surface area contributed by atoms with E-state index in [9.17, 15) is 8.42 Å². The Kier molecular flexibility index (Phi) is 9.90. The van der Waals surface area contributed by atoms with Crippen molar-refractivity contribution in [1.82, 2.24) is 0 Å². The Labute approximate surface area is 103 Å². The van der Waals surface area contributed by atoms with E-state index in [1.165, 1.54) is 0 Å². The minimum atomic E-state index is -3.92. The van der Waals surface area contributed by atoms with Crippen LogP contribution in [0, 0.1) is 0 Å². The summed E-state index contributed by atoms with van der Waals surface area (Å²) < 4.78 is 29.1. The van der Waals surface area contributed by atoms with Crippen LogP contribution in [0.5, 0.6) is 0 Å². The van der Waals surface area contributed by atoms with Gasteiger partial charge in [-0.15, -0.1) is 0 Å². The molecule has 0 heterocycles. The van der Waals surface area contributed by atoms with Gasteiger partial charge in [-0.25, -0.2) is 0 Å². The average molecular weight is 216 g/mol. The zero-order chi connectivity index (χ0) is 9.61. The van der Waals surface area contributed by atoms with Crippen LogP contribution in [0.15, 0.2) is 11.0 Å². The van der Waals surface area contributed by atoms with Crippen LogP contribution in [0.3, 0.4) is 0 Å². The van der Waals surface area contributed by atoms with Crippen molar-refractivity contribution in [3.05, 3.63) is 11.0 Å². The summed E-state index contributed by atoms with van der Waals surface area (Å²) in [7, 11) is -3.92. The molecule has 0 saturated heterocycles. The zero-order valence-corrected chi connectivity index (χ0v) is 8.39. The van der Waals surface area contributed by atoms with Gasteiger partial charge in [0.15, 0.2) is 0 Å². The van der Waals surface area contributed by atoms with E-state index in [4.69, 9.17) is 4.55 Å². The van der Waals surface area contributed by atoms with Gasteiger partial charge in [0.2, 0.25) is 0 Å². The first kappa shape index (κ1) is 16.1. The molecule has 5 heteroatoms. The van der Waals surface area contributed by atoms with Gasteiger partial charge < -0.3 is 0 Å². The minimum absolute atomic E-state index is 0. The van der Waals surface area contributed by atoms with Crippen LogP contribution in [0.1, 0.15) is 39.5 Å². The fraction of sp³-hybridized carbons (Fsp3) is 0.750. The third-order valence-electron chi connectivity index (χ3n) is 1.52. The molecule has 0 saturated carbocycles. The van der Waals surface area contributed by atoms with Gasteiger partial charge in [0.05, 0.1) is 5.41 Å². The van der Waals surface area contributed by atoms with Crippen molar-refractivity contribution >= 4 is 39.7 Å². The van der Waals surface area contributed by atoms with Crippen LogP contribution >= 0.6 is 0 Å². The first-order valence-corrected chi connectivity index (χ1v) is 5.60. The van der Waals surface area contributed by atoms with Gasteiger partial charge in [0, 0.05) is 0 Å². The summed E-state index contributed by atoms with van der Waals surface area (Å²) in [6.45, 7) is 3.80. The Bertz CT molecular complexity index is 244. The van der Waals surface area contributed by atoms with E-state index in [2.05, 4.69) is 6.92 Å². The van der Waals surface area contributed by atoms with Crippen molar-refractivity contribution in [2.24, 2.45) is 0 Å². The summed E-state index contributed by atoms with van der Waals surface area (Å²) in [5.41, 5.74) is 0.714. The first-order chi connectivity index (χ1) is 5.45. The molecule has 0 aliphatic rings. The molecule has 0 aliphatic heterocycles. The summed E-state index contributed by atoms with van der Waals surface area (Å²) in [6.07, 6.45) is 3.93. The Morgan fingerprint density at radius 1 is 1.38 bits per heavy atom. The third kappa shape index (κ3) is 12.6. The molecule has 0 spiro atoms. The molecule has 74 valence electrons. The number of allylic oxidation sites excluding steroid dienone is 1. The van der Waals surface area contributed by atoms with Crippen LogP contribution in [0.4, 0.5) is 0 Å². The fourth-order valence-electron chi connectivity index (χ4n) is 0.967. The number of rotatable bonds is 5. The quantitative estimate of drug-likeness (QED) is 0.432. The molecule has 0 atom stereocenters. The van der Waals surface area contributed by atoms with Crippen molar-refractivity contribution < 1.29 is 13.0 Å². The molecular formula is C8H17NaO3S. The molecule has 0 unspecified atom stereocenters. The van der Waals surface area contributed by atoms with Crippen molar-refractivity contribution in [1.29, 1.82) is 0 Å². The van der Waals surface area contributed by atoms with Crippen LogP contribution in [-0.4, -0.2) is 42.5 Å². The average Bonchev–Trinajstić information content (AvgIpc) is 1.84. The number of hydrogen-bond acceptors (Lipinski definition) is 2. The predicted octanol–water partition coefficient (Wildman–Crippen LogP) is 1.71. The number of unbranched alkanes of at least 4 members (excludes halogenated alkanes) is 2. The van der Waals surface area contributed by atoms with Crippen LogP contribution in [0.2, 0.25) is 0 Å². The second-order valence-corrected chi connectivity index (χ2v) is 4.20. The topological polar surface area (TPSA) is 54.4 Å². The fourth-order valence-corrected chi connectivity index (χ4v) is 1.59. The SMILES string of the molecule is CCCCCC(C)=CS(=O)(=O)O.[NaH]. The molecule has 13 heavy (non-hydrogen) atoms. The van der Waals surface area contributed by atoms with Gasteiger partial charge in [-0.05, 0) is 19.8 Å². The molecule has 0 aromatic rings. The van der Waals surface area contributed by atoms with Gasteiger partial charge in [0.1, 0.15) is 0 Å². The summed E-state index contributed by atoms with van der Waals surface area (Å²) in [6, 6.07) is 0.